The molecule has 2 rings (SSSR count). The van der Waals surface area contributed by atoms with Crippen molar-refractivity contribution in [2.24, 2.45) is 5.41 Å². The standard InChI is InChI=1S/C15H16F3NO/c1-14(2)8-10(7-11(20)9-14)19-13-6-4-3-5-12(13)15(16,17)18/h3-7,19H,8-9H2,1-2H3. The van der Waals surface area contributed by atoms with Crippen molar-refractivity contribution in [2.45, 2.75) is 32.9 Å². The second-order valence-electron chi connectivity index (χ2n) is 5.82. The molecule has 0 aliphatic heterocycles. The maximum Gasteiger partial charge on any atom is 0.418 e. The van der Waals surface area contributed by atoms with E-state index in [1.54, 1.807) is 0 Å². The van der Waals surface area contributed by atoms with Crippen LogP contribution >= 0.6 is 0 Å². The van der Waals surface area contributed by atoms with E-state index in [1.165, 1.54) is 24.3 Å². The third kappa shape index (κ3) is 3.40. The maximum absolute atomic E-state index is 12.9. The Morgan fingerprint density at radius 1 is 1.15 bits per heavy atom. The minimum absolute atomic E-state index is 0.0169. The van der Waals surface area contributed by atoms with Gasteiger partial charge in [-0.25, -0.2) is 0 Å². The van der Waals surface area contributed by atoms with E-state index in [-0.39, 0.29) is 16.9 Å². The van der Waals surface area contributed by atoms with Gasteiger partial charge in [0.15, 0.2) is 5.78 Å². The van der Waals surface area contributed by atoms with Crippen LogP contribution in [0.1, 0.15) is 32.3 Å². The van der Waals surface area contributed by atoms with Crippen molar-refractivity contribution < 1.29 is 18.0 Å². The number of carbonyl (C=O) groups excluding carboxylic acids is 1. The first kappa shape index (κ1) is 14.6. The van der Waals surface area contributed by atoms with E-state index in [0.717, 1.165) is 6.07 Å². The number of hydrogen-bond donors (Lipinski definition) is 1. The molecule has 0 bridgehead atoms. The van der Waals surface area contributed by atoms with E-state index < -0.39 is 11.7 Å². The molecule has 0 saturated carbocycles. The minimum Gasteiger partial charge on any atom is -0.358 e. The molecule has 0 unspecified atom stereocenters. The van der Waals surface area contributed by atoms with Gasteiger partial charge in [0.25, 0.3) is 0 Å². The van der Waals surface area contributed by atoms with Gasteiger partial charge in [-0.15, -0.1) is 0 Å². The molecule has 1 aliphatic rings. The van der Waals surface area contributed by atoms with Crippen molar-refractivity contribution in [2.75, 3.05) is 5.32 Å². The van der Waals surface area contributed by atoms with Gasteiger partial charge in [-0.2, -0.15) is 13.2 Å². The molecule has 1 N–H and O–H groups in total. The zero-order valence-corrected chi connectivity index (χ0v) is 11.3. The second kappa shape index (κ2) is 4.96. The molecule has 0 amide bonds. The van der Waals surface area contributed by atoms with Gasteiger partial charge in [0.05, 0.1) is 11.3 Å². The SMILES string of the molecule is CC1(C)CC(=O)C=C(Nc2ccccc2C(F)(F)F)C1. The van der Waals surface area contributed by atoms with Crippen LogP contribution in [0.25, 0.3) is 0 Å². The summed E-state index contributed by atoms with van der Waals surface area (Å²) in [5.74, 6) is -0.0618. The van der Waals surface area contributed by atoms with Crippen molar-refractivity contribution in [3.05, 3.63) is 41.6 Å². The van der Waals surface area contributed by atoms with Crippen LogP contribution in [0.4, 0.5) is 18.9 Å². The fourth-order valence-electron chi connectivity index (χ4n) is 2.44. The Morgan fingerprint density at radius 3 is 2.40 bits per heavy atom. The Balaban J connectivity index is 2.29. The van der Waals surface area contributed by atoms with Gasteiger partial charge in [0, 0.05) is 18.2 Å². The number of anilines is 1. The predicted octanol–water partition coefficient (Wildman–Crippen LogP) is 4.39. The molecule has 0 saturated heterocycles. The summed E-state index contributed by atoms with van der Waals surface area (Å²) < 4.78 is 38.7. The Labute approximate surface area is 115 Å². The van der Waals surface area contributed by atoms with E-state index in [2.05, 4.69) is 5.32 Å². The number of halogens is 3. The molecular weight excluding hydrogens is 267 g/mol. The zero-order valence-electron chi connectivity index (χ0n) is 11.3. The number of ketones is 1. The van der Waals surface area contributed by atoms with E-state index >= 15 is 0 Å². The highest BCUT2D eigenvalue weighted by atomic mass is 19.4. The summed E-state index contributed by atoms with van der Waals surface area (Å²) in [6, 6.07) is 5.28. The molecule has 0 spiro atoms. The molecule has 5 heteroatoms. The molecule has 1 aromatic carbocycles. The van der Waals surface area contributed by atoms with Crippen LogP contribution in [-0.4, -0.2) is 5.78 Å². The van der Waals surface area contributed by atoms with Crippen molar-refractivity contribution in [3.8, 4) is 0 Å². The zero-order chi connectivity index (χ0) is 15.0. The minimum atomic E-state index is -4.42. The molecule has 1 aromatic rings. The second-order valence-corrected chi connectivity index (χ2v) is 5.82. The normalized spacial score (nSPS) is 18.6. The molecule has 20 heavy (non-hydrogen) atoms. The van der Waals surface area contributed by atoms with Crippen LogP contribution in [0, 0.1) is 5.41 Å². The first-order valence-electron chi connectivity index (χ1n) is 6.34. The van der Waals surface area contributed by atoms with E-state index in [9.17, 15) is 18.0 Å². The Kier molecular flexibility index (Phi) is 3.63. The number of alkyl halides is 3. The lowest BCUT2D eigenvalue weighted by molar-refractivity contribution is -0.136. The van der Waals surface area contributed by atoms with Gasteiger partial charge in [0.2, 0.25) is 0 Å². The highest BCUT2D eigenvalue weighted by Crippen LogP contribution is 2.38. The first-order chi connectivity index (χ1) is 9.17. The molecule has 0 fully saturated rings. The van der Waals surface area contributed by atoms with Gasteiger partial charge in [-0.05, 0) is 24.0 Å². The van der Waals surface area contributed by atoms with Gasteiger partial charge >= 0.3 is 6.18 Å². The Bertz CT molecular complexity index is 558. The quantitative estimate of drug-likeness (QED) is 0.872. The van der Waals surface area contributed by atoms with Crippen molar-refractivity contribution in [1.82, 2.24) is 0 Å². The van der Waals surface area contributed by atoms with Crippen molar-refractivity contribution in [1.29, 1.82) is 0 Å². The lowest BCUT2D eigenvalue weighted by Crippen LogP contribution is -2.25. The predicted molar refractivity (Wildman–Crippen MR) is 71.2 cm³/mol. The number of rotatable bonds is 2. The van der Waals surface area contributed by atoms with Gasteiger partial charge in [-0.1, -0.05) is 26.0 Å². The molecular formula is C15H16F3NO. The van der Waals surface area contributed by atoms with Crippen LogP contribution < -0.4 is 5.32 Å². The van der Waals surface area contributed by atoms with Gasteiger partial charge < -0.3 is 5.32 Å². The Hall–Kier alpha value is -1.78. The average molecular weight is 283 g/mol. The largest absolute Gasteiger partial charge is 0.418 e. The van der Waals surface area contributed by atoms with Crippen LogP contribution in [0.2, 0.25) is 0 Å². The number of benzene rings is 1. The molecule has 108 valence electrons. The van der Waals surface area contributed by atoms with Crippen molar-refractivity contribution >= 4 is 11.5 Å². The summed E-state index contributed by atoms with van der Waals surface area (Å²) in [5, 5.41) is 2.76. The third-order valence-electron chi connectivity index (χ3n) is 3.18. The third-order valence-corrected chi connectivity index (χ3v) is 3.18. The Morgan fingerprint density at radius 2 is 1.80 bits per heavy atom. The summed E-state index contributed by atoms with van der Waals surface area (Å²) in [6.07, 6.45) is -2.05. The van der Waals surface area contributed by atoms with E-state index in [4.69, 9.17) is 0 Å². The number of allylic oxidation sites excluding steroid dienone is 2. The molecule has 0 radical (unpaired) electrons. The summed E-state index contributed by atoms with van der Waals surface area (Å²) >= 11 is 0. The molecule has 0 heterocycles. The highest BCUT2D eigenvalue weighted by Gasteiger charge is 2.34. The lowest BCUT2D eigenvalue weighted by Gasteiger charge is -2.29. The number of para-hydroxylation sites is 1. The smallest absolute Gasteiger partial charge is 0.358 e. The molecule has 2 nitrogen and oxygen atoms in total. The monoisotopic (exact) mass is 283 g/mol. The van der Waals surface area contributed by atoms with Crippen LogP contribution in [0.3, 0.4) is 0 Å². The number of carbonyl (C=O) groups is 1. The van der Waals surface area contributed by atoms with E-state index in [0.29, 0.717) is 18.5 Å². The van der Waals surface area contributed by atoms with Gasteiger partial charge in [-0.3, -0.25) is 4.79 Å². The summed E-state index contributed by atoms with van der Waals surface area (Å²) in [7, 11) is 0. The van der Waals surface area contributed by atoms with Gasteiger partial charge in [0.1, 0.15) is 0 Å². The average Bonchev–Trinajstić information content (AvgIpc) is 2.25. The lowest BCUT2D eigenvalue weighted by atomic mass is 9.79. The first-order valence-corrected chi connectivity index (χ1v) is 6.34. The fourth-order valence-corrected chi connectivity index (χ4v) is 2.44. The van der Waals surface area contributed by atoms with Crippen LogP contribution in [0.15, 0.2) is 36.0 Å². The summed E-state index contributed by atoms with van der Waals surface area (Å²) in [4.78, 5) is 11.6. The molecule has 0 aromatic heterocycles. The topological polar surface area (TPSA) is 29.1 Å². The summed E-state index contributed by atoms with van der Waals surface area (Å²) in [5.41, 5.74) is -0.446. The summed E-state index contributed by atoms with van der Waals surface area (Å²) in [6.45, 7) is 3.85. The number of hydrogen-bond acceptors (Lipinski definition) is 2. The maximum atomic E-state index is 12.9. The van der Waals surface area contributed by atoms with Crippen molar-refractivity contribution in [3.63, 3.8) is 0 Å². The fraction of sp³-hybridized carbons (Fsp3) is 0.400. The molecule has 1 aliphatic carbocycles. The van der Waals surface area contributed by atoms with E-state index in [1.807, 2.05) is 13.8 Å². The highest BCUT2D eigenvalue weighted by molar-refractivity contribution is 5.92. The number of nitrogens with one attached hydrogen (secondary N) is 1. The van der Waals surface area contributed by atoms with Crippen LogP contribution in [0.5, 0.6) is 0 Å². The molecule has 0 atom stereocenters. The van der Waals surface area contributed by atoms with Crippen LogP contribution in [-0.2, 0) is 11.0 Å².